The number of aliphatic hydroxyl groups is 1. The molecule has 9 heteroatoms. The number of amides is 1. The van der Waals surface area contributed by atoms with Gasteiger partial charge in [-0.2, -0.15) is 0 Å². The summed E-state index contributed by atoms with van der Waals surface area (Å²) >= 11 is 0. The third kappa shape index (κ3) is 6.93. The van der Waals surface area contributed by atoms with Gasteiger partial charge in [0.25, 0.3) is 5.69 Å². The molecule has 2 aromatic rings. The van der Waals surface area contributed by atoms with Gasteiger partial charge in [0.1, 0.15) is 29.8 Å². The van der Waals surface area contributed by atoms with Gasteiger partial charge in [0.15, 0.2) is 0 Å². The van der Waals surface area contributed by atoms with E-state index in [1.807, 2.05) is 0 Å². The first-order valence-corrected chi connectivity index (χ1v) is 9.28. The van der Waals surface area contributed by atoms with E-state index in [4.69, 9.17) is 14.2 Å². The number of aliphatic hydroxyl groups excluding tert-OH is 1. The Morgan fingerprint density at radius 3 is 2.37 bits per heavy atom. The molecule has 0 heterocycles. The summed E-state index contributed by atoms with van der Waals surface area (Å²) < 4.78 is 16.1. The van der Waals surface area contributed by atoms with Crippen molar-refractivity contribution in [3.05, 3.63) is 64.2 Å². The summed E-state index contributed by atoms with van der Waals surface area (Å²) in [5.74, 6) is 1.08. The summed E-state index contributed by atoms with van der Waals surface area (Å²) in [5.41, 5.74) is -0.438. The van der Waals surface area contributed by atoms with Crippen LogP contribution in [0.4, 0.5) is 10.5 Å². The second-order valence-corrected chi connectivity index (χ2v) is 7.54. The van der Waals surface area contributed by atoms with Crippen LogP contribution in [-0.4, -0.2) is 41.5 Å². The van der Waals surface area contributed by atoms with Gasteiger partial charge >= 0.3 is 6.09 Å². The molecular weight excluding hydrogens is 392 g/mol. The lowest BCUT2D eigenvalue weighted by Crippen LogP contribution is -2.45. The van der Waals surface area contributed by atoms with E-state index in [1.54, 1.807) is 45.0 Å². The van der Waals surface area contributed by atoms with Crippen molar-refractivity contribution in [2.24, 2.45) is 0 Å². The number of hydrogen-bond acceptors (Lipinski definition) is 7. The lowest BCUT2D eigenvalue weighted by atomic mass is 10.0. The fourth-order valence-corrected chi connectivity index (χ4v) is 2.57. The number of nitro benzene ring substituents is 1. The average molecular weight is 418 g/mol. The molecule has 0 aliphatic rings. The van der Waals surface area contributed by atoms with Gasteiger partial charge in [-0.25, -0.2) is 4.79 Å². The fourth-order valence-electron chi connectivity index (χ4n) is 2.57. The van der Waals surface area contributed by atoms with Gasteiger partial charge in [0.05, 0.1) is 18.1 Å². The number of hydrogen-bond donors (Lipinski definition) is 2. The summed E-state index contributed by atoms with van der Waals surface area (Å²) in [6.45, 7) is 5.09. The minimum atomic E-state index is -1.19. The summed E-state index contributed by atoms with van der Waals surface area (Å²) in [6, 6.07) is 11.4. The molecule has 162 valence electrons. The Bertz CT molecular complexity index is 862. The number of rotatable bonds is 8. The fraction of sp³-hybridized carbons (Fsp3) is 0.381. The van der Waals surface area contributed by atoms with Gasteiger partial charge in [-0.3, -0.25) is 10.1 Å². The van der Waals surface area contributed by atoms with Crippen LogP contribution in [0.2, 0.25) is 0 Å². The molecule has 0 aliphatic carbocycles. The van der Waals surface area contributed by atoms with E-state index in [1.165, 1.54) is 31.4 Å². The number of ether oxygens (including phenoxy) is 3. The van der Waals surface area contributed by atoms with Crippen LogP contribution in [0.25, 0.3) is 0 Å². The zero-order valence-electron chi connectivity index (χ0n) is 17.3. The molecule has 30 heavy (non-hydrogen) atoms. The van der Waals surface area contributed by atoms with E-state index in [9.17, 15) is 20.0 Å². The van der Waals surface area contributed by atoms with Gasteiger partial charge in [0, 0.05) is 18.2 Å². The predicted octanol–water partition coefficient (Wildman–Crippen LogP) is 3.61. The summed E-state index contributed by atoms with van der Waals surface area (Å²) in [7, 11) is 1.53. The van der Waals surface area contributed by atoms with Gasteiger partial charge in [0.2, 0.25) is 0 Å². The Hall–Kier alpha value is -3.33. The molecule has 0 aromatic heterocycles. The molecule has 0 radical (unpaired) electrons. The van der Waals surface area contributed by atoms with E-state index in [2.05, 4.69) is 5.32 Å². The van der Waals surface area contributed by atoms with Crippen molar-refractivity contribution in [3.8, 4) is 11.5 Å². The number of benzene rings is 2. The number of nitro groups is 1. The molecule has 0 saturated heterocycles. The van der Waals surface area contributed by atoms with Crippen molar-refractivity contribution in [2.45, 2.75) is 38.5 Å². The second kappa shape index (κ2) is 9.93. The maximum atomic E-state index is 12.3. The Morgan fingerprint density at radius 2 is 1.80 bits per heavy atom. The van der Waals surface area contributed by atoms with Crippen molar-refractivity contribution in [2.75, 3.05) is 13.7 Å². The number of carbonyl (C=O) groups is 1. The van der Waals surface area contributed by atoms with Crippen molar-refractivity contribution in [1.29, 1.82) is 0 Å². The molecule has 0 spiro atoms. The van der Waals surface area contributed by atoms with Crippen LogP contribution in [-0.2, 0) is 4.74 Å². The highest BCUT2D eigenvalue weighted by Crippen LogP contribution is 2.23. The summed E-state index contributed by atoms with van der Waals surface area (Å²) in [4.78, 5) is 22.6. The topological polar surface area (TPSA) is 120 Å². The van der Waals surface area contributed by atoms with Crippen molar-refractivity contribution >= 4 is 11.8 Å². The van der Waals surface area contributed by atoms with E-state index in [-0.39, 0.29) is 12.3 Å². The molecule has 0 aliphatic heterocycles. The Kier molecular flexibility index (Phi) is 7.60. The highest BCUT2D eigenvalue weighted by Gasteiger charge is 2.27. The van der Waals surface area contributed by atoms with E-state index in [0.717, 1.165) is 0 Å². The Balaban J connectivity index is 2.18. The first-order chi connectivity index (χ1) is 14.1. The monoisotopic (exact) mass is 418 g/mol. The molecule has 2 rings (SSSR count). The van der Waals surface area contributed by atoms with Crippen molar-refractivity contribution < 1.29 is 29.0 Å². The number of alkyl carbamates (subject to hydrolysis) is 1. The maximum absolute atomic E-state index is 12.3. The average Bonchev–Trinajstić information content (AvgIpc) is 2.69. The van der Waals surface area contributed by atoms with Gasteiger partial charge < -0.3 is 24.6 Å². The standard InChI is InChI=1S/C21H26N2O7/c1-21(2,3)30-20(25)22-18(13-29-17-7-5-6-16(12-17)28-4)19(24)14-8-10-15(11-9-14)23(26)27/h5-12,18-19,24H,13H2,1-4H3,(H,22,25)/t18-,19-/m1/s1. The predicted molar refractivity (Wildman–Crippen MR) is 110 cm³/mol. The van der Waals surface area contributed by atoms with Crippen LogP contribution >= 0.6 is 0 Å². The molecule has 2 aromatic carbocycles. The Labute approximate surface area is 174 Å². The molecule has 0 bridgehead atoms. The van der Waals surface area contributed by atoms with Crippen LogP contribution < -0.4 is 14.8 Å². The van der Waals surface area contributed by atoms with Crippen LogP contribution in [0, 0.1) is 10.1 Å². The molecule has 1 amide bonds. The molecule has 0 fully saturated rings. The highest BCUT2D eigenvalue weighted by atomic mass is 16.6. The molecule has 9 nitrogen and oxygen atoms in total. The number of nitrogens with zero attached hydrogens (tertiary/aromatic N) is 1. The van der Waals surface area contributed by atoms with Gasteiger partial charge in [-0.1, -0.05) is 6.07 Å². The third-order valence-corrected chi connectivity index (χ3v) is 4.00. The molecule has 2 atom stereocenters. The number of nitrogens with one attached hydrogen (secondary N) is 1. The van der Waals surface area contributed by atoms with Crippen molar-refractivity contribution in [1.82, 2.24) is 5.32 Å². The van der Waals surface area contributed by atoms with Crippen LogP contribution in [0.15, 0.2) is 48.5 Å². The number of non-ortho nitro benzene ring substituents is 1. The maximum Gasteiger partial charge on any atom is 0.408 e. The first kappa shape index (κ1) is 23.0. The second-order valence-electron chi connectivity index (χ2n) is 7.54. The quantitative estimate of drug-likeness (QED) is 0.496. The number of carbonyl (C=O) groups excluding carboxylic acids is 1. The molecular formula is C21H26N2O7. The summed E-state index contributed by atoms with van der Waals surface area (Å²) in [6.07, 6.45) is -1.91. The normalized spacial score (nSPS) is 13.1. The minimum absolute atomic E-state index is 0.0788. The van der Waals surface area contributed by atoms with Crippen LogP contribution in [0.1, 0.15) is 32.4 Å². The first-order valence-electron chi connectivity index (χ1n) is 9.28. The summed E-state index contributed by atoms with van der Waals surface area (Å²) in [5, 5.41) is 24.2. The lowest BCUT2D eigenvalue weighted by molar-refractivity contribution is -0.384. The smallest absolute Gasteiger partial charge is 0.408 e. The van der Waals surface area contributed by atoms with E-state index < -0.39 is 28.8 Å². The SMILES string of the molecule is COc1cccc(OC[C@@H](NC(=O)OC(C)(C)C)[C@H](O)c2ccc([N+](=O)[O-])cc2)c1. The molecule has 2 N–H and O–H groups in total. The largest absolute Gasteiger partial charge is 0.497 e. The van der Waals surface area contributed by atoms with Crippen LogP contribution in [0.5, 0.6) is 11.5 Å². The molecule has 0 saturated carbocycles. The molecule has 0 unspecified atom stereocenters. The van der Waals surface area contributed by atoms with Crippen molar-refractivity contribution in [3.63, 3.8) is 0 Å². The lowest BCUT2D eigenvalue weighted by Gasteiger charge is -2.27. The van der Waals surface area contributed by atoms with Gasteiger partial charge in [-0.05, 0) is 50.6 Å². The highest BCUT2D eigenvalue weighted by molar-refractivity contribution is 5.68. The van der Waals surface area contributed by atoms with E-state index in [0.29, 0.717) is 17.1 Å². The zero-order valence-corrected chi connectivity index (χ0v) is 17.3. The zero-order chi connectivity index (χ0) is 22.3. The van der Waals surface area contributed by atoms with E-state index >= 15 is 0 Å². The number of methoxy groups -OCH3 is 1. The van der Waals surface area contributed by atoms with Gasteiger partial charge in [-0.15, -0.1) is 0 Å². The third-order valence-electron chi connectivity index (χ3n) is 4.00. The Morgan fingerprint density at radius 1 is 1.17 bits per heavy atom. The minimum Gasteiger partial charge on any atom is -0.497 e. The van der Waals surface area contributed by atoms with Crippen LogP contribution in [0.3, 0.4) is 0 Å².